The van der Waals surface area contributed by atoms with Crippen molar-refractivity contribution >= 4 is 34.4 Å². The minimum atomic E-state index is -0.186. The van der Waals surface area contributed by atoms with E-state index in [-0.39, 0.29) is 37.6 Å². The number of methoxy groups -OCH3 is 2. The van der Waals surface area contributed by atoms with Gasteiger partial charge in [0.25, 0.3) is 0 Å². The van der Waals surface area contributed by atoms with Gasteiger partial charge in [0.2, 0.25) is 0 Å². The van der Waals surface area contributed by atoms with Crippen molar-refractivity contribution in [3.63, 3.8) is 0 Å². The number of hydrogen-bond donors (Lipinski definition) is 0. The van der Waals surface area contributed by atoms with Crippen molar-refractivity contribution in [2.75, 3.05) is 47.6 Å². The molecule has 678 valence electrons. The number of fused-ring (bicyclic) bond motifs is 11. The standard InChI is InChI=1S/C25H34O2.C22H30O2.C21H28O2.C20H28O2.C13H18O2.C12H16O2/c1-15(2)17-6-8-22(9-7-17)27-16(3)26-11-10-18-12-21-14-23(18)25-20-5-4-19(13-20)24(21)25;1-15(2)20-4-6-21(7-5-20)24-16(3)23-14-22-11-17-8-18(12-22)10-19(9-17)13-22;1-14(2)19-4-6-20(7-5-19)22-15(3)23-21-11-16-8-17(12-21)10-18(9-16)13-21;1-14(2)17-6-8-20(9-7-17)22-15(3)21-11-10-19-13-16-4-5-18(19)12-16;1-5-11-6-7-13(15-9-14-4)12(8-11)10(2)3;1-4-10-6-7-12(14-9-13-3)11(5-2)8-10/h6-9,16,18-21,23-25H,1,4-5,10-14H2,2-3H3;4-7,16-19H,1,8-14H2,2-3H3;4-7,15-18H,1,8-13H2,2-3H3;6-9,15-16,18-19H,1,4-5,10-13H2,2-3H3;5-8,10H,1,9H2,2-4H3;4,6-8H,1,5,9H2,2-3H3. The number of hydrogen-bond acceptors (Lipinski definition) is 12. The highest BCUT2D eigenvalue weighted by Gasteiger charge is 2.62. The summed E-state index contributed by atoms with van der Waals surface area (Å²) in [7, 11) is 3.23. The lowest BCUT2D eigenvalue weighted by molar-refractivity contribution is -0.225. The summed E-state index contributed by atoms with van der Waals surface area (Å²) < 4.78 is 69.0. The van der Waals surface area contributed by atoms with Crippen LogP contribution in [-0.4, -0.2) is 78.4 Å². The molecule has 20 rings (SSSR count). The Bertz CT molecular complexity index is 4390. The van der Waals surface area contributed by atoms with Crippen molar-refractivity contribution in [1.29, 1.82) is 0 Å². The topological polar surface area (TPSA) is 111 Å². The lowest BCUT2D eigenvalue weighted by Crippen LogP contribution is -2.53. The number of rotatable bonds is 35. The molecule has 125 heavy (non-hydrogen) atoms. The molecule has 0 saturated heterocycles. The van der Waals surface area contributed by atoms with Gasteiger partial charge in [0, 0.05) is 14.2 Å². The molecule has 0 aromatic heterocycles. The maximum absolute atomic E-state index is 6.49. The molecule has 6 aromatic carbocycles. The fraction of sp³-hybridized carbons (Fsp3) is 0.575. The summed E-state index contributed by atoms with van der Waals surface area (Å²) in [5, 5.41) is 0. The van der Waals surface area contributed by atoms with Crippen LogP contribution in [0, 0.1) is 100 Å². The Hall–Kier alpha value is -7.68. The summed E-state index contributed by atoms with van der Waals surface area (Å²) in [4.78, 5) is 0. The van der Waals surface area contributed by atoms with Gasteiger partial charge < -0.3 is 56.8 Å². The van der Waals surface area contributed by atoms with Crippen molar-refractivity contribution in [1.82, 2.24) is 0 Å². The third-order valence-corrected chi connectivity index (χ3v) is 30.5. The third-order valence-electron chi connectivity index (χ3n) is 30.5. The number of benzene rings is 6. The second-order valence-corrected chi connectivity index (χ2v) is 40.5. The molecule has 0 aliphatic heterocycles. The molecule has 0 amide bonds. The van der Waals surface area contributed by atoms with E-state index in [0.29, 0.717) is 18.1 Å². The molecule has 14 fully saturated rings. The van der Waals surface area contributed by atoms with Gasteiger partial charge in [-0.1, -0.05) is 162 Å². The second-order valence-electron chi connectivity index (χ2n) is 40.5. The Balaban J connectivity index is 0.000000131. The Kier molecular flexibility index (Phi) is 33.8. The van der Waals surface area contributed by atoms with Gasteiger partial charge in [-0.2, -0.15) is 0 Å². The predicted octanol–water partition coefficient (Wildman–Crippen LogP) is 28.9. The van der Waals surface area contributed by atoms with Crippen molar-refractivity contribution in [3.05, 3.63) is 217 Å². The summed E-state index contributed by atoms with van der Waals surface area (Å²) in [5.74, 6) is 21.6. The maximum atomic E-state index is 6.49. The Labute approximate surface area is 753 Å². The van der Waals surface area contributed by atoms with Gasteiger partial charge in [-0.15, -0.1) is 0 Å². The Morgan fingerprint density at radius 3 is 1.22 bits per heavy atom. The Morgan fingerprint density at radius 1 is 0.400 bits per heavy atom. The Morgan fingerprint density at radius 2 is 0.808 bits per heavy atom. The molecule has 14 aliphatic rings. The zero-order chi connectivity index (χ0) is 88.5. The fourth-order valence-electron chi connectivity index (χ4n) is 25.7. The molecule has 0 radical (unpaired) electrons. The second kappa shape index (κ2) is 44.6. The molecular formula is C113H154O12. The molecule has 14 bridgehead atoms. The number of aryl methyl sites for hydroxylation is 1. The zero-order valence-corrected chi connectivity index (χ0v) is 78.6. The van der Waals surface area contributed by atoms with Crippen LogP contribution in [0.3, 0.4) is 0 Å². The van der Waals surface area contributed by atoms with E-state index in [2.05, 4.69) is 109 Å². The number of ether oxygens (including phenoxy) is 12. The largest absolute Gasteiger partial charge is 0.467 e. The smallest absolute Gasteiger partial charge is 0.197 e. The van der Waals surface area contributed by atoms with E-state index in [1.807, 2.05) is 152 Å². The molecule has 6 aromatic rings. The molecule has 0 N–H and O–H groups in total. The summed E-state index contributed by atoms with van der Waals surface area (Å²) in [6.07, 6.45) is 36.5. The molecule has 14 aliphatic carbocycles. The van der Waals surface area contributed by atoms with Crippen LogP contribution in [-0.2, 0) is 34.8 Å². The van der Waals surface area contributed by atoms with Crippen molar-refractivity contribution in [3.8, 4) is 34.5 Å². The summed E-state index contributed by atoms with van der Waals surface area (Å²) in [5.41, 5.74) is 14.1. The van der Waals surface area contributed by atoms with Gasteiger partial charge in [0.1, 0.15) is 34.5 Å². The van der Waals surface area contributed by atoms with Crippen LogP contribution >= 0.6 is 0 Å². The van der Waals surface area contributed by atoms with Crippen molar-refractivity contribution in [2.45, 2.75) is 267 Å². The first-order valence-corrected chi connectivity index (χ1v) is 48.2. The highest BCUT2D eigenvalue weighted by atomic mass is 16.7. The van der Waals surface area contributed by atoms with E-state index >= 15 is 0 Å². The lowest BCUT2D eigenvalue weighted by Gasteiger charge is -2.56. The maximum Gasteiger partial charge on any atom is 0.197 e. The van der Waals surface area contributed by atoms with Gasteiger partial charge in [-0.3, -0.25) is 0 Å². The van der Waals surface area contributed by atoms with E-state index in [1.54, 1.807) is 27.1 Å². The van der Waals surface area contributed by atoms with Gasteiger partial charge in [0.15, 0.2) is 38.7 Å². The minimum Gasteiger partial charge on any atom is -0.467 e. The summed E-state index contributed by atoms with van der Waals surface area (Å²) in [6.45, 7) is 49.0. The molecule has 12 heteroatoms. The lowest BCUT2D eigenvalue weighted by atomic mass is 9.50. The first-order valence-electron chi connectivity index (χ1n) is 48.2. The number of allylic oxidation sites excluding steroid dienone is 4. The van der Waals surface area contributed by atoms with Crippen LogP contribution in [0.2, 0.25) is 0 Å². The molecule has 12 nitrogen and oxygen atoms in total. The molecular weight excluding hydrogens is 1550 g/mol. The van der Waals surface area contributed by atoms with Gasteiger partial charge in [-0.25, -0.2) is 0 Å². The summed E-state index contributed by atoms with van der Waals surface area (Å²) in [6, 6.07) is 44.6. The van der Waals surface area contributed by atoms with Crippen LogP contribution in [0.1, 0.15) is 274 Å². The van der Waals surface area contributed by atoms with E-state index in [4.69, 9.17) is 56.8 Å². The average molecular weight is 1700 g/mol. The van der Waals surface area contributed by atoms with Gasteiger partial charge in [-0.05, 0) is 426 Å². The molecule has 14 atom stereocenters. The SMILES string of the molecule is C=C(C)c1ccc(OC(C)OC23CC4CC(CC(C4)C2)C3)cc1.C=C(C)c1ccc(OC(C)OCC23CC4CC(CC(C4)C2)C3)cc1.C=C(C)c1ccc(OC(C)OCCC2CC3CC2C2C4CCC(C4)C32)cc1.C=C(C)c1ccc(OC(C)OCCC2CC3CCC2C3)cc1.C=Cc1ccc(OCOC)c(C(C)C)c1.C=Cc1ccc(OCOC)c(CC)c1. The monoisotopic (exact) mass is 1700 g/mol. The van der Waals surface area contributed by atoms with Crippen molar-refractivity contribution in [2.24, 2.45) is 100 Å². The normalized spacial score (nSPS) is 29.1. The van der Waals surface area contributed by atoms with Crippen LogP contribution in [0.15, 0.2) is 173 Å². The van der Waals surface area contributed by atoms with E-state index in [0.717, 1.165) is 211 Å². The van der Waals surface area contributed by atoms with E-state index in [1.165, 1.54) is 146 Å². The molecule has 0 heterocycles. The third kappa shape index (κ3) is 25.7. The van der Waals surface area contributed by atoms with Crippen LogP contribution < -0.4 is 28.4 Å². The quantitative estimate of drug-likeness (QED) is 0.0279. The predicted molar refractivity (Wildman–Crippen MR) is 513 cm³/mol. The fourth-order valence-corrected chi connectivity index (χ4v) is 25.7. The minimum absolute atomic E-state index is 0.103. The summed E-state index contributed by atoms with van der Waals surface area (Å²) >= 11 is 0. The first kappa shape index (κ1) is 94.9. The highest BCUT2D eigenvalue weighted by Crippen LogP contribution is 2.69. The molecule has 0 spiro atoms. The van der Waals surface area contributed by atoms with Crippen LogP contribution in [0.4, 0.5) is 0 Å². The first-order chi connectivity index (χ1) is 60.2. The van der Waals surface area contributed by atoms with E-state index < -0.39 is 0 Å². The zero-order valence-electron chi connectivity index (χ0n) is 78.6. The van der Waals surface area contributed by atoms with Gasteiger partial charge >= 0.3 is 0 Å². The van der Waals surface area contributed by atoms with Gasteiger partial charge in [0.05, 0.1) is 25.4 Å². The molecule has 14 saturated carbocycles. The van der Waals surface area contributed by atoms with Crippen molar-refractivity contribution < 1.29 is 56.8 Å². The van der Waals surface area contributed by atoms with Crippen LogP contribution in [0.25, 0.3) is 34.4 Å². The molecule has 14 unspecified atom stereocenters. The highest BCUT2D eigenvalue weighted by molar-refractivity contribution is 5.64. The average Bonchev–Trinajstić information content (AvgIpc) is 1.71. The van der Waals surface area contributed by atoms with Crippen LogP contribution in [0.5, 0.6) is 34.5 Å². The van der Waals surface area contributed by atoms with E-state index in [9.17, 15) is 0 Å².